The fourth-order valence-electron chi connectivity index (χ4n) is 4.48. The van der Waals surface area contributed by atoms with E-state index in [9.17, 15) is 5.11 Å². The highest BCUT2D eigenvalue weighted by molar-refractivity contribution is 5.05. The maximum atomic E-state index is 11.2. The molecule has 0 saturated heterocycles. The van der Waals surface area contributed by atoms with Crippen LogP contribution in [0.3, 0.4) is 0 Å². The Morgan fingerprint density at radius 3 is 2.00 bits per heavy atom. The van der Waals surface area contributed by atoms with Gasteiger partial charge in [-0.05, 0) is 56.8 Å². The molecule has 3 N–H and O–H groups in total. The Morgan fingerprint density at radius 2 is 1.56 bits per heavy atom. The number of hydrogen-bond acceptors (Lipinski definition) is 2. The fourth-order valence-corrected chi connectivity index (χ4v) is 4.48. The third-order valence-corrected chi connectivity index (χ3v) is 6.18. The minimum atomic E-state index is -0.461. The first-order valence-electron chi connectivity index (χ1n) is 8.01. The molecule has 2 aliphatic carbocycles. The molecule has 0 aliphatic heterocycles. The lowest BCUT2D eigenvalue weighted by Crippen LogP contribution is -2.53. The van der Waals surface area contributed by atoms with E-state index >= 15 is 0 Å². The van der Waals surface area contributed by atoms with Crippen molar-refractivity contribution in [3.05, 3.63) is 0 Å². The topological polar surface area (TPSA) is 46.2 Å². The first-order valence-corrected chi connectivity index (χ1v) is 8.01. The minimum absolute atomic E-state index is 0.0341. The van der Waals surface area contributed by atoms with Crippen molar-refractivity contribution in [2.24, 2.45) is 23.0 Å². The third kappa shape index (κ3) is 2.34. The maximum Gasteiger partial charge on any atom is 0.0716 e. The lowest BCUT2D eigenvalue weighted by molar-refractivity contribution is -0.112. The lowest BCUT2D eigenvalue weighted by Gasteiger charge is -2.48. The van der Waals surface area contributed by atoms with Crippen molar-refractivity contribution < 1.29 is 5.11 Å². The molecule has 2 fully saturated rings. The number of rotatable bonds is 4. The van der Waals surface area contributed by atoms with Gasteiger partial charge < -0.3 is 10.8 Å². The summed E-state index contributed by atoms with van der Waals surface area (Å²) >= 11 is 0. The average molecular weight is 253 g/mol. The molecule has 2 atom stereocenters. The second kappa shape index (κ2) is 5.50. The van der Waals surface area contributed by atoms with E-state index in [0.29, 0.717) is 6.54 Å². The number of aliphatic hydroxyl groups is 1. The Balaban J connectivity index is 2.08. The smallest absolute Gasteiger partial charge is 0.0716 e. The van der Waals surface area contributed by atoms with E-state index in [0.717, 1.165) is 37.5 Å². The van der Waals surface area contributed by atoms with Gasteiger partial charge in [-0.15, -0.1) is 0 Å². The van der Waals surface area contributed by atoms with Crippen molar-refractivity contribution in [1.29, 1.82) is 0 Å². The van der Waals surface area contributed by atoms with Gasteiger partial charge in [0.05, 0.1) is 5.60 Å². The summed E-state index contributed by atoms with van der Waals surface area (Å²) in [6.45, 7) is 5.22. The van der Waals surface area contributed by atoms with Crippen LogP contribution < -0.4 is 5.73 Å². The van der Waals surface area contributed by atoms with Crippen LogP contribution >= 0.6 is 0 Å². The maximum absolute atomic E-state index is 11.2. The van der Waals surface area contributed by atoms with Crippen molar-refractivity contribution in [2.45, 2.75) is 77.2 Å². The molecular formula is C16H31NO. The molecule has 0 aromatic carbocycles. The predicted molar refractivity (Wildman–Crippen MR) is 76.3 cm³/mol. The van der Waals surface area contributed by atoms with Gasteiger partial charge in [0, 0.05) is 12.0 Å². The molecule has 0 aromatic rings. The van der Waals surface area contributed by atoms with Crippen LogP contribution in [0.25, 0.3) is 0 Å². The van der Waals surface area contributed by atoms with Crippen molar-refractivity contribution in [1.82, 2.24) is 0 Å². The molecule has 0 aromatic heterocycles. The van der Waals surface area contributed by atoms with Gasteiger partial charge >= 0.3 is 0 Å². The molecular weight excluding hydrogens is 222 g/mol. The summed E-state index contributed by atoms with van der Waals surface area (Å²) in [6.07, 6.45) is 10.5. The SMILES string of the molecule is CCC1CCC(O)(C2(CN)CCC(CC)C2)CC1. The van der Waals surface area contributed by atoms with E-state index < -0.39 is 5.60 Å². The van der Waals surface area contributed by atoms with E-state index in [1.807, 2.05) is 0 Å². The van der Waals surface area contributed by atoms with Crippen LogP contribution in [0, 0.1) is 17.3 Å². The van der Waals surface area contributed by atoms with Crippen LogP contribution in [0.15, 0.2) is 0 Å². The van der Waals surface area contributed by atoms with Crippen LogP contribution in [-0.4, -0.2) is 17.3 Å². The molecule has 2 nitrogen and oxygen atoms in total. The van der Waals surface area contributed by atoms with Gasteiger partial charge in [0.15, 0.2) is 0 Å². The minimum Gasteiger partial charge on any atom is -0.389 e. The lowest BCUT2D eigenvalue weighted by atomic mass is 9.61. The Labute approximate surface area is 112 Å². The Hall–Kier alpha value is -0.0800. The zero-order chi connectivity index (χ0) is 13.2. The van der Waals surface area contributed by atoms with Crippen molar-refractivity contribution in [3.8, 4) is 0 Å². The Bertz CT molecular complexity index is 270. The summed E-state index contributed by atoms with van der Waals surface area (Å²) in [4.78, 5) is 0. The monoisotopic (exact) mass is 253 g/mol. The van der Waals surface area contributed by atoms with E-state index in [1.54, 1.807) is 0 Å². The summed E-state index contributed by atoms with van der Waals surface area (Å²) in [5.41, 5.74) is 5.68. The zero-order valence-electron chi connectivity index (χ0n) is 12.3. The molecule has 106 valence electrons. The van der Waals surface area contributed by atoms with E-state index in [4.69, 9.17) is 5.73 Å². The van der Waals surface area contributed by atoms with Gasteiger partial charge in [-0.25, -0.2) is 0 Å². The van der Waals surface area contributed by atoms with E-state index in [1.165, 1.54) is 32.1 Å². The van der Waals surface area contributed by atoms with E-state index in [2.05, 4.69) is 13.8 Å². The molecule has 0 bridgehead atoms. The zero-order valence-corrected chi connectivity index (χ0v) is 12.3. The van der Waals surface area contributed by atoms with E-state index in [-0.39, 0.29) is 5.41 Å². The molecule has 2 rings (SSSR count). The molecule has 0 spiro atoms. The molecule has 2 aliphatic rings. The first-order chi connectivity index (χ1) is 8.59. The standard InChI is InChI=1S/C16H31NO/c1-3-13-6-9-16(18,10-7-13)15(12-17)8-5-14(4-2)11-15/h13-14,18H,3-12,17H2,1-2H3. The third-order valence-electron chi connectivity index (χ3n) is 6.18. The molecule has 0 heterocycles. The summed E-state index contributed by atoms with van der Waals surface area (Å²) in [6, 6.07) is 0. The molecule has 0 amide bonds. The highest BCUT2D eigenvalue weighted by Gasteiger charge is 2.53. The highest BCUT2D eigenvalue weighted by Crippen LogP contribution is 2.54. The highest BCUT2D eigenvalue weighted by atomic mass is 16.3. The Kier molecular flexibility index (Phi) is 4.38. The fraction of sp³-hybridized carbons (Fsp3) is 1.00. The number of nitrogens with two attached hydrogens (primary N) is 1. The van der Waals surface area contributed by atoms with Crippen LogP contribution in [0.5, 0.6) is 0 Å². The van der Waals surface area contributed by atoms with Gasteiger partial charge in [-0.3, -0.25) is 0 Å². The second-order valence-corrected chi connectivity index (χ2v) is 6.88. The van der Waals surface area contributed by atoms with Gasteiger partial charge in [-0.1, -0.05) is 26.7 Å². The van der Waals surface area contributed by atoms with Gasteiger partial charge in [-0.2, -0.15) is 0 Å². The summed E-state index contributed by atoms with van der Waals surface area (Å²) < 4.78 is 0. The average Bonchev–Trinajstić information content (AvgIpc) is 2.85. The molecule has 18 heavy (non-hydrogen) atoms. The quantitative estimate of drug-likeness (QED) is 0.806. The van der Waals surface area contributed by atoms with Crippen molar-refractivity contribution in [2.75, 3.05) is 6.54 Å². The van der Waals surface area contributed by atoms with Gasteiger partial charge in [0.1, 0.15) is 0 Å². The first kappa shape index (κ1) is 14.3. The molecule has 2 unspecified atom stereocenters. The molecule has 0 radical (unpaired) electrons. The summed E-state index contributed by atoms with van der Waals surface area (Å²) in [7, 11) is 0. The molecule has 2 saturated carbocycles. The largest absolute Gasteiger partial charge is 0.389 e. The Morgan fingerprint density at radius 1 is 1.00 bits per heavy atom. The summed E-state index contributed by atoms with van der Waals surface area (Å²) in [5, 5.41) is 11.2. The normalized spacial score (nSPS) is 45.3. The van der Waals surface area contributed by atoms with Crippen LogP contribution in [-0.2, 0) is 0 Å². The summed E-state index contributed by atoms with van der Waals surface area (Å²) in [5.74, 6) is 1.63. The van der Waals surface area contributed by atoms with Crippen LogP contribution in [0.4, 0.5) is 0 Å². The van der Waals surface area contributed by atoms with Crippen LogP contribution in [0.2, 0.25) is 0 Å². The van der Waals surface area contributed by atoms with Crippen LogP contribution in [0.1, 0.15) is 71.6 Å². The van der Waals surface area contributed by atoms with Gasteiger partial charge in [0.25, 0.3) is 0 Å². The molecule has 2 heteroatoms. The van der Waals surface area contributed by atoms with Crippen molar-refractivity contribution in [3.63, 3.8) is 0 Å². The second-order valence-electron chi connectivity index (χ2n) is 6.88. The number of hydrogen-bond donors (Lipinski definition) is 2. The van der Waals surface area contributed by atoms with Crippen molar-refractivity contribution >= 4 is 0 Å². The van der Waals surface area contributed by atoms with Gasteiger partial charge in [0.2, 0.25) is 0 Å². The predicted octanol–water partition coefficient (Wildman–Crippen LogP) is 3.47.